The van der Waals surface area contributed by atoms with Crippen molar-refractivity contribution in [3.05, 3.63) is 30.3 Å². The van der Waals surface area contributed by atoms with Crippen molar-refractivity contribution >= 4 is 11.8 Å². The van der Waals surface area contributed by atoms with E-state index in [4.69, 9.17) is 4.74 Å². The van der Waals surface area contributed by atoms with Crippen molar-refractivity contribution in [2.45, 2.75) is 26.3 Å². The smallest absolute Gasteiger partial charge is 0.258 e. The average Bonchev–Trinajstić information content (AvgIpc) is 2.44. The minimum atomic E-state index is -0.508. The SMILES string of the molecule is CC(C)C[C@@H](NC(=O)COc1ccccc1)C(=O)N(C)C. The second-order valence-electron chi connectivity index (χ2n) is 5.58. The molecule has 0 unspecified atom stereocenters. The number of likely N-dealkylation sites (N-methyl/N-ethyl adjacent to an activating group) is 1. The van der Waals surface area contributed by atoms with Crippen LogP contribution in [0.1, 0.15) is 20.3 Å². The number of carbonyl (C=O) groups excluding carboxylic acids is 2. The summed E-state index contributed by atoms with van der Waals surface area (Å²) in [5, 5.41) is 2.74. The molecule has 1 aromatic carbocycles. The number of ether oxygens (including phenoxy) is 1. The van der Waals surface area contributed by atoms with Gasteiger partial charge in [-0.1, -0.05) is 32.0 Å². The largest absolute Gasteiger partial charge is 0.484 e. The van der Waals surface area contributed by atoms with Crippen molar-refractivity contribution < 1.29 is 14.3 Å². The third-order valence-electron chi connectivity index (χ3n) is 2.89. The highest BCUT2D eigenvalue weighted by Gasteiger charge is 2.23. The van der Waals surface area contributed by atoms with E-state index < -0.39 is 6.04 Å². The van der Waals surface area contributed by atoms with Gasteiger partial charge in [-0.15, -0.1) is 0 Å². The summed E-state index contributed by atoms with van der Waals surface area (Å²) in [6.45, 7) is 3.93. The highest BCUT2D eigenvalue weighted by Crippen LogP contribution is 2.09. The van der Waals surface area contributed by atoms with Crippen molar-refractivity contribution in [2.75, 3.05) is 20.7 Å². The summed E-state index contributed by atoms with van der Waals surface area (Å²) in [6, 6.07) is 8.61. The Bertz CT molecular complexity index is 458. The molecule has 0 aliphatic rings. The molecule has 1 aromatic rings. The molecule has 0 saturated heterocycles. The Morgan fingerprint density at radius 3 is 2.33 bits per heavy atom. The third-order valence-corrected chi connectivity index (χ3v) is 2.89. The fourth-order valence-electron chi connectivity index (χ4n) is 1.91. The van der Waals surface area contributed by atoms with Crippen LogP contribution in [0.5, 0.6) is 5.75 Å². The zero-order chi connectivity index (χ0) is 15.8. The number of para-hydroxylation sites is 1. The first-order valence-electron chi connectivity index (χ1n) is 7.08. The summed E-state index contributed by atoms with van der Waals surface area (Å²) >= 11 is 0. The summed E-state index contributed by atoms with van der Waals surface area (Å²) in [6.07, 6.45) is 0.605. The van der Waals surface area contributed by atoms with Crippen LogP contribution in [-0.2, 0) is 9.59 Å². The van der Waals surface area contributed by atoms with E-state index in [2.05, 4.69) is 5.32 Å². The highest BCUT2D eigenvalue weighted by atomic mass is 16.5. The molecule has 1 rings (SSSR count). The van der Waals surface area contributed by atoms with Gasteiger partial charge in [-0.3, -0.25) is 9.59 Å². The third kappa shape index (κ3) is 6.29. The van der Waals surface area contributed by atoms with Crippen molar-refractivity contribution in [1.29, 1.82) is 0 Å². The van der Waals surface area contributed by atoms with Gasteiger partial charge < -0.3 is 15.0 Å². The molecule has 0 aliphatic heterocycles. The zero-order valence-electron chi connectivity index (χ0n) is 13.1. The van der Waals surface area contributed by atoms with Gasteiger partial charge in [0.15, 0.2) is 6.61 Å². The Balaban J connectivity index is 2.53. The molecule has 1 atom stereocenters. The van der Waals surface area contributed by atoms with Crippen LogP contribution >= 0.6 is 0 Å². The summed E-state index contributed by atoms with van der Waals surface area (Å²) in [7, 11) is 3.37. The maximum absolute atomic E-state index is 12.1. The monoisotopic (exact) mass is 292 g/mol. The maximum Gasteiger partial charge on any atom is 0.258 e. The number of hydrogen-bond acceptors (Lipinski definition) is 3. The molecule has 116 valence electrons. The molecule has 0 saturated carbocycles. The molecule has 5 nitrogen and oxygen atoms in total. The number of amides is 2. The minimum Gasteiger partial charge on any atom is -0.484 e. The second kappa shape index (κ2) is 8.29. The first-order chi connectivity index (χ1) is 9.90. The fraction of sp³-hybridized carbons (Fsp3) is 0.500. The molecule has 5 heteroatoms. The first kappa shape index (κ1) is 17.0. The van der Waals surface area contributed by atoms with Gasteiger partial charge in [-0.2, -0.15) is 0 Å². The molecule has 21 heavy (non-hydrogen) atoms. The average molecular weight is 292 g/mol. The van der Waals surface area contributed by atoms with E-state index in [-0.39, 0.29) is 18.4 Å². The quantitative estimate of drug-likeness (QED) is 0.832. The van der Waals surface area contributed by atoms with Crippen LogP contribution in [0.4, 0.5) is 0 Å². The lowest BCUT2D eigenvalue weighted by Gasteiger charge is -2.23. The van der Waals surface area contributed by atoms with Crippen LogP contribution in [0.2, 0.25) is 0 Å². The van der Waals surface area contributed by atoms with Gasteiger partial charge in [0.2, 0.25) is 5.91 Å². The van der Waals surface area contributed by atoms with Crippen LogP contribution in [-0.4, -0.2) is 43.5 Å². The van der Waals surface area contributed by atoms with Crippen molar-refractivity contribution in [2.24, 2.45) is 5.92 Å². The van der Waals surface area contributed by atoms with Gasteiger partial charge >= 0.3 is 0 Å². The molecule has 0 aromatic heterocycles. The molecule has 0 aliphatic carbocycles. The number of carbonyl (C=O) groups is 2. The summed E-state index contributed by atoms with van der Waals surface area (Å²) in [4.78, 5) is 25.5. The number of rotatable bonds is 7. The number of nitrogens with one attached hydrogen (secondary N) is 1. The van der Waals surface area contributed by atoms with Gasteiger partial charge in [-0.25, -0.2) is 0 Å². The van der Waals surface area contributed by atoms with E-state index in [1.807, 2.05) is 32.0 Å². The van der Waals surface area contributed by atoms with E-state index >= 15 is 0 Å². The minimum absolute atomic E-state index is 0.0979. The Morgan fingerprint density at radius 2 is 1.81 bits per heavy atom. The van der Waals surface area contributed by atoms with E-state index in [9.17, 15) is 9.59 Å². The normalized spacial score (nSPS) is 11.9. The predicted octanol–water partition coefficient (Wildman–Crippen LogP) is 1.68. The first-order valence-corrected chi connectivity index (χ1v) is 7.08. The highest BCUT2D eigenvalue weighted by molar-refractivity contribution is 5.87. The maximum atomic E-state index is 12.1. The molecule has 2 amide bonds. The van der Waals surface area contributed by atoms with Crippen LogP contribution in [0.25, 0.3) is 0 Å². The lowest BCUT2D eigenvalue weighted by Crippen LogP contribution is -2.48. The van der Waals surface area contributed by atoms with Gasteiger partial charge in [0.25, 0.3) is 5.91 Å². The van der Waals surface area contributed by atoms with Gasteiger partial charge in [0.1, 0.15) is 11.8 Å². The molecule has 0 heterocycles. The molecular weight excluding hydrogens is 268 g/mol. The zero-order valence-corrected chi connectivity index (χ0v) is 13.1. The Morgan fingerprint density at radius 1 is 1.19 bits per heavy atom. The summed E-state index contributed by atoms with van der Waals surface area (Å²) in [5.41, 5.74) is 0. The number of nitrogens with zero attached hydrogens (tertiary/aromatic N) is 1. The van der Waals surface area contributed by atoms with Crippen LogP contribution in [0.15, 0.2) is 30.3 Å². The lowest BCUT2D eigenvalue weighted by atomic mass is 10.0. The standard InChI is InChI=1S/C16H24N2O3/c1-12(2)10-14(16(20)18(3)4)17-15(19)11-21-13-8-6-5-7-9-13/h5-9,12,14H,10-11H2,1-4H3,(H,17,19)/t14-/m1/s1. The Hall–Kier alpha value is -2.04. The second-order valence-corrected chi connectivity index (χ2v) is 5.58. The van der Waals surface area contributed by atoms with Crippen LogP contribution in [0.3, 0.4) is 0 Å². The molecule has 0 radical (unpaired) electrons. The van der Waals surface area contributed by atoms with Crippen LogP contribution < -0.4 is 10.1 Å². The summed E-state index contributed by atoms with van der Waals surface area (Å²) in [5.74, 6) is 0.553. The van der Waals surface area contributed by atoms with E-state index in [0.717, 1.165) is 0 Å². The molecular formula is C16H24N2O3. The number of benzene rings is 1. The Labute approximate surface area is 126 Å². The van der Waals surface area contributed by atoms with Gasteiger partial charge in [0, 0.05) is 14.1 Å². The van der Waals surface area contributed by atoms with Crippen molar-refractivity contribution in [3.63, 3.8) is 0 Å². The van der Waals surface area contributed by atoms with Gasteiger partial charge in [0.05, 0.1) is 0 Å². The lowest BCUT2D eigenvalue weighted by molar-refractivity contribution is -0.135. The Kier molecular flexibility index (Phi) is 6.72. The van der Waals surface area contributed by atoms with Crippen molar-refractivity contribution in [3.8, 4) is 5.75 Å². The van der Waals surface area contributed by atoms with E-state index in [0.29, 0.717) is 18.1 Å². The fourth-order valence-corrected chi connectivity index (χ4v) is 1.91. The topological polar surface area (TPSA) is 58.6 Å². The number of hydrogen-bond donors (Lipinski definition) is 1. The summed E-state index contributed by atoms with van der Waals surface area (Å²) < 4.78 is 5.38. The predicted molar refractivity (Wildman–Crippen MR) is 82.0 cm³/mol. The molecule has 0 spiro atoms. The van der Waals surface area contributed by atoms with E-state index in [1.54, 1.807) is 26.2 Å². The van der Waals surface area contributed by atoms with Crippen LogP contribution in [0, 0.1) is 5.92 Å². The van der Waals surface area contributed by atoms with Crippen molar-refractivity contribution in [1.82, 2.24) is 10.2 Å². The van der Waals surface area contributed by atoms with Gasteiger partial charge in [-0.05, 0) is 24.5 Å². The molecule has 1 N–H and O–H groups in total. The molecule has 0 fully saturated rings. The van der Waals surface area contributed by atoms with E-state index in [1.165, 1.54) is 4.90 Å². The molecule has 0 bridgehead atoms.